The zero-order chi connectivity index (χ0) is 15.8. The van der Waals surface area contributed by atoms with Crippen molar-refractivity contribution < 1.29 is 14.6 Å². The predicted octanol–water partition coefficient (Wildman–Crippen LogP) is 1.85. The second-order valence-electron chi connectivity index (χ2n) is 5.85. The summed E-state index contributed by atoms with van der Waals surface area (Å²) < 4.78 is 5.44. The lowest BCUT2D eigenvalue weighted by atomic mass is 9.92. The predicted molar refractivity (Wildman–Crippen MR) is 85.7 cm³/mol. The standard InChI is InChI=1S/C17H26N2O3/c1-22-16-10-6-5-9-15(16)19-17(21)18-14(12-20)11-13-7-3-2-4-8-13/h2-4,7-8,14-16,20H,5-6,9-12H2,1H3,(H2,18,19,21)/t14-,15+,16+/m0/s1. The Balaban J connectivity index is 1.83. The van der Waals surface area contributed by atoms with Gasteiger partial charge in [0.1, 0.15) is 0 Å². The SMILES string of the molecule is CO[C@@H]1CCCC[C@H]1NC(=O)N[C@H](CO)Cc1ccccc1. The summed E-state index contributed by atoms with van der Waals surface area (Å²) in [5, 5.41) is 15.3. The number of hydrogen-bond donors (Lipinski definition) is 3. The Morgan fingerprint density at radius 1 is 1.32 bits per heavy atom. The molecular weight excluding hydrogens is 280 g/mol. The van der Waals surface area contributed by atoms with E-state index >= 15 is 0 Å². The smallest absolute Gasteiger partial charge is 0.315 e. The Bertz CT molecular complexity index is 452. The Morgan fingerprint density at radius 2 is 2.05 bits per heavy atom. The molecule has 0 aromatic heterocycles. The van der Waals surface area contributed by atoms with E-state index in [1.165, 1.54) is 0 Å². The van der Waals surface area contributed by atoms with Gasteiger partial charge in [0.05, 0.1) is 24.8 Å². The molecule has 0 radical (unpaired) electrons. The average molecular weight is 306 g/mol. The molecule has 22 heavy (non-hydrogen) atoms. The highest BCUT2D eigenvalue weighted by Gasteiger charge is 2.26. The van der Waals surface area contributed by atoms with Crippen LogP contribution in [-0.2, 0) is 11.2 Å². The second kappa shape index (κ2) is 8.76. The topological polar surface area (TPSA) is 70.6 Å². The van der Waals surface area contributed by atoms with Crippen LogP contribution in [0.5, 0.6) is 0 Å². The molecule has 2 amide bonds. The summed E-state index contributed by atoms with van der Waals surface area (Å²) in [4.78, 5) is 12.1. The first-order valence-corrected chi connectivity index (χ1v) is 7.97. The van der Waals surface area contributed by atoms with E-state index in [9.17, 15) is 9.90 Å². The molecule has 122 valence electrons. The zero-order valence-corrected chi connectivity index (χ0v) is 13.1. The lowest BCUT2D eigenvalue weighted by Crippen LogP contribution is -2.52. The third kappa shape index (κ3) is 5.00. The molecule has 1 aromatic carbocycles. The van der Waals surface area contributed by atoms with Crippen molar-refractivity contribution >= 4 is 6.03 Å². The number of rotatable bonds is 6. The number of methoxy groups -OCH3 is 1. The fraction of sp³-hybridized carbons (Fsp3) is 0.588. The van der Waals surface area contributed by atoms with Gasteiger partial charge in [-0.25, -0.2) is 4.79 Å². The molecule has 1 aromatic rings. The van der Waals surface area contributed by atoms with Crippen LogP contribution in [0.3, 0.4) is 0 Å². The Hall–Kier alpha value is -1.59. The minimum absolute atomic E-state index is 0.0508. The van der Waals surface area contributed by atoms with Crippen LogP contribution < -0.4 is 10.6 Å². The number of nitrogens with one attached hydrogen (secondary N) is 2. The van der Waals surface area contributed by atoms with Gasteiger partial charge < -0.3 is 20.5 Å². The molecule has 0 saturated heterocycles. The van der Waals surface area contributed by atoms with E-state index in [-0.39, 0.29) is 30.8 Å². The first-order valence-electron chi connectivity index (χ1n) is 7.97. The number of urea groups is 1. The summed E-state index contributed by atoms with van der Waals surface area (Å²) >= 11 is 0. The van der Waals surface area contributed by atoms with Crippen molar-refractivity contribution in [2.24, 2.45) is 0 Å². The molecule has 0 aliphatic heterocycles. The van der Waals surface area contributed by atoms with Gasteiger partial charge in [-0.05, 0) is 24.8 Å². The number of aliphatic hydroxyl groups excluding tert-OH is 1. The van der Waals surface area contributed by atoms with Gasteiger partial charge in [0, 0.05) is 7.11 Å². The number of amides is 2. The largest absolute Gasteiger partial charge is 0.394 e. The normalized spacial score (nSPS) is 22.8. The molecule has 1 aliphatic rings. The van der Waals surface area contributed by atoms with E-state index in [0.29, 0.717) is 6.42 Å². The van der Waals surface area contributed by atoms with Gasteiger partial charge in [0.2, 0.25) is 0 Å². The maximum absolute atomic E-state index is 12.1. The summed E-state index contributed by atoms with van der Waals surface area (Å²) in [7, 11) is 1.69. The van der Waals surface area contributed by atoms with Crippen LogP contribution in [0.15, 0.2) is 30.3 Å². The molecule has 3 N–H and O–H groups in total. The van der Waals surface area contributed by atoms with Crippen LogP contribution in [0.4, 0.5) is 4.79 Å². The van der Waals surface area contributed by atoms with Crippen LogP contribution in [0.25, 0.3) is 0 Å². The van der Waals surface area contributed by atoms with Gasteiger partial charge in [0.15, 0.2) is 0 Å². The molecule has 0 spiro atoms. The number of aliphatic hydroxyl groups is 1. The summed E-state index contributed by atoms with van der Waals surface area (Å²) in [5.41, 5.74) is 1.09. The van der Waals surface area contributed by atoms with E-state index in [4.69, 9.17) is 4.74 Å². The molecule has 5 heteroatoms. The first kappa shape index (κ1) is 16.8. The molecule has 5 nitrogen and oxygen atoms in total. The Morgan fingerprint density at radius 3 is 2.73 bits per heavy atom. The fourth-order valence-corrected chi connectivity index (χ4v) is 3.00. The zero-order valence-electron chi connectivity index (χ0n) is 13.1. The maximum atomic E-state index is 12.1. The first-order chi connectivity index (χ1) is 10.7. The lowest BCUT2D eigenvalue weighted by molar-refractivity contribution is 0.0449. The van der Waals surface area contributed by atoms with Gasteiger partial charge in [-0.15, -0.1) is 0 Å². The van der Waals surface area contributed by atoms with Crippen LogP contribution in [-0.4, -0.2) is 43.0 Å². The molecule has 2 rings (SSSR count). The number of hydrogen-bond acceptors (Lipinski definition) is 3. The minimum Gasteiger partial charge on any atom is -0.394 e. The molecule has 1 fully saturated rings. The molecular formula is C17H26N2O3. The number of benzene rings is 1. The lowest BCUT2D eigenvalue weighted by Gasteiger charge is -2.31. The molecule has 1 aliphatic carbocycles. The maximum Gasteiger partial charge on any atom is 0.315 e. The van der Waals surface area contributed by atoms with Crippen molar-refractivity contribution in [3.05, 3.63) is 35.9 Å². The van der Waals surface area contributed by atoms with E-state index in [2.05, 4.69) is 10.6 Å². The summed E-state index contributed by atoms with van der Waals surface area (Å²) in [6.07, 6.45) is 4.87. The van der Waals surface area contributed by atoms with Gasteiger partial charge in [-0.3, -0.25) is 0 Å². The van der Waals surface area contributed by atoms with E-state index in [1.807, 2.05) is 30.3 Å². The molecule has 0 unspecified atom stereocenters. The van der Waals surface area contributed by atoms with Gasteiger partial charge in [0.25, 0.3) is 0 Å². The van der Waals surface area contributed by atoms with E-state index in [1.54, 1.807) is 7.11 Å². The van der Waals surface area contributed by atoms with E-state index in [0.717, 1.165) is 31.2 Å². The van der Waals surface area contributed by atoms with E-state index < -0.39 is 0 Å². The molecule has 0 bridgehead atoms. The highest BCUT2D eigenvalue weighted by Crippen LogP contribution is 2.20. The molecule has 0 heterocycles. The van der Waals surface area contributed by atoms with Gasteiger partial charge in [-0.1, -0.05) is 43.2 Å². The third-order valence-corrected chi connectivity index (χ3v) is 4.20. The summed E-state index contributed by atoms with van der Waals surface area (Å²) in [6, 6.07) is 9.37. The summed E-state index contributed by atoms with van der Waals surface area (Å²) in [6.45, 7) is -0.0827. The Labute approximate surface area is 132 Å². The Kier molecular flexibility index (Phi) is 6.68. The molecule has 1 saturated carbocycles. The van der Waals surface area contributed by atoms with Crippen LogP contribution in [0, 0.1) is 0 Å². The van der Waals surface area contributed by atoms with Crippen molar-refractivity contribution in [3.63, 3.8) is 0 Å². The number of carbonyl (C=O) groups is 1. The second-order valence-corrected chi connectivity index (χ2v) is 5.85. The highest BCUT2D eigenvalue weighted by molar-refractivity contribution is 5.74. The quantitative estimate of drug-likeness (QED) is 0.751. The fourth-order valence-electron chi connectivity index (χ4n) is 3.00. The van der Waals surface area contributed by atoms with Crippen LogP contribution in [0.2, 0.25) is 0 Å². The van der Waals surface area contributed by atoms with Crippen molar-refractivity contribution in [1.82, 2.24) is 10.6 Å². The summed E-state index contributed by atoms with van der Waals surface area (Å²) in [5.74, 6) is 0. The van der Waals surface area contributed by atoms with Crippen molar-refractivity contribution in [2.45, 2.75) is 50.3 Å². The van der Waals surface area contributed by atoms with Crippen LogP contribution >= 0.6 is 0 Å². The van der Waals surface area contributed by atoms with Crippen molar-refractivity contribution in [3.8, 4) is 0 Å². The average Bonchev–Trinajstić information content (AvgIpc) is 2.55. The number of ether oxygens (including phenoxy) is 1. The molecule has 3 atom stereocenters. The van der Waals surface area contributed by atoms with Gasteiger partial charge >= 0.3 is 6.03 Å². The van der Waals surface area contributed by atoms with Crippen molar-refractivity contribution in [2.75, 3.05) is 13.7 Å². The van der Waals surface area contributed by atoms with Crippen molar-refractivity contribution in [1.29, 1.82) is 0 Å². The third-order valence-electron chi connectivity index (χ3n) is 4.20. The highest BCUT2D eigenvalue weighted by atomic mass is 16.5. The number of carbonyl (C=O) groups excluding carboxylic acids is 1. The van der Waals surface area contributed by atoms with Gasteiger partial charge in [-0.2, -0.15) is 0 Å². The minimum atomic E-state index is -0.285. The van der Waals surface area contributed by atoms with Crippen LogP contribution in [0.1, 0.15) is 31.2 Å². The monoisotopic (exact) mass is 306 g/mol.